The smallest absolute Gasteiger partial charge is 0.232 e. The number of furan rings is 1. The van der Waals surface area contributed by atoms with Crippen LogP contribution in [0.5, 0.6) is 0 Å². The number of aromatic nitrogens is 3. The van der Waals surface area contributed by atoms with E-state index in [0.29, 0.717) is 50.6 Å². The van der Waals surface area contributed by atoms with Crippen LogP contribution in [0.15, 0.2) is 22.8 Å². The average molecular weight is 403 g/mol. The molecule has 2 aromatic heterocycles. The van der Waals surface area contributed by atoms with Crippen LogP contribution in [0.1, 0.15) is 18.6 Å². The van der Waals surface area contributed by atoms with Gasteiger partial charge in [0.25, 0.3) is 0 Å². The molecule has 2 fully saturated rings. The van der Waals surface area contributed by atoms with E-state index < -0.39 is 0 Å². The normalized spacial score (nSPS) is 27.9. The molecule has 29 heavy (non-hydrogen) atoms. The van der Waals surface area contributed by atoms with Crippen LogP contribution in [0, 0.1) is 0 Å². The Morgan fingerprint density at radius 3 is 1.83 bits per heavy atom. The summed E-state index contributed by atoms with van der Waals surface area (Å²) in [5.74, 6) is 2.35. The third-order valence-corrected chi connectivity index (χ3v) is 5.21. The van der Waals surface area contributed by atoms with Crippen LogP contribution in [0.2, 0.25) is 0 Å². The highest BCUT2D eigenvalue weighted by Crippen LogP contribution is 2.22. The molecule has 0 unspecified atom stereocenters. The number of nitrogens with zero attached hydrogens (tertiary/aromatic N) is 5. The summed E-state index contributed by atoms with van der Waals surface area (Å²) in [6, 6.07) is 3.66. The van der Waals surface area contributed by atoms with Crippen molar-refractivity contribution < 1.29 is 4.42 Å². The van der Waals surface area contributed by atoms with Crippen LogP contribution >= 0.6 is 0 Å². The van der Waals surface area contributed by atoms with Gasteiger partial charge in [-0.3, -0.25) is 0 Å². The molecule has 4 rings (SSSR count). The first kappa shape index (κ1) is 19.8. The van der Waals surface area contributed by atoms with Crippen molar-refractivity contribution in [3.05, 3.63) is 24.2 Å². The standard InChI is InChI=1S/C18H30N10O/c19-11-4-12(20)8-27(7-11)17-24-16(23-6-15-2-1-3-29-15)25-18(26-17)28-9-13(21)5-14(22)10-28/h1-3,11-14H,4-10,19-22H2,(H,23,24,25,26)/t11-,12+,13-,14+. The summed E-state index contributed by atoms with van der Waals surface area (Å²) in [4.78, 5) is 18.0. The zero-order valence-electron chi connectivity index (χ0n) is 16.4. The topological polar surface area (TPSA) is 174 Å². The van der Waals surface area contributed by atoms with E-state index >= 15 is 0 Å². The lowest BCUT2D eigenvalue weighted by Crippen LogP contribution is -2.54. The number of anilines is 3. The summed E-state index contributed by atoms with van der Waals surface area (Å²) in [6.07, 6.45) is 3.20. The van der Waals surface area contributed by atoms with Crippen molar-refractivity contribution in [1.82, 2.24) is 15.0 Å². The van der Waals surface area contributed by atoms with Crippen LogP contribution in [-0.4, -0.2) is 65.3 Å². The molecule has 11 nitrogen and oxygen atoms in total. The van der Waals surface area contributed by atoms with Gasteiger partial charge in [0, 0.05) is 50.3 Å². The van der Waals surface area contributed by atoms with Crippen LogP contribution in [0.4, 0.5) is 17.8 Å². The summed E-state index contributed by atoms with van der Waals surface area (Å²) in [7, 11) is 0. The second-order valence-corrected chi connectivity index (χ2v) is 8.01. The molecule has 0 amide bonds. The molecule has 2 saturated heterocycles. The first-order chi connectivity index (χ1) is 14.0. The molecule has 9 N–H and O–H groups in total. The molecule has 2 aliphatic heterocycles. The monoisotopic (exact) mass is 402 g/mol. The minimum Gasteiger partial charge on any atom is -0.467 e. The molecule has 4 atom stereocenters. The zero-order valence-corrected chi connectivity index (χ0v) is 16.4. The third kappa shape index (κ3) is 4.93. The number of rotatable bonds is 5. The Labute approximate surface area is 169 Å². The van der Waals surface area contributed by atoms with Crippen molar-refractivity contribution in [1.29, 1.82) is 0 Å². The van der Waals surface area contributed by atoms with Crippen LogP contribution < -0.4 is 38.1 Å². The van der Waals surface area contributed by atoms with Gasteiger partial charge in [-0.1, -0.05) is 0 Å². The Kier molecular flexibility index (Phi) is 5.81. The van der Waals surface area contributed by atoms with Crippen LogP contribution in [0.3, 0.4) is 0 Å². The summed E-state index contributed by atoms with van der Waals surface area (Å²) in [5, 5.41) is 3.22. The predicted molar refractivity (Wildman–Crippen MR) is 111 cm³/mol. The van der Waals surface area contributed by atoms with E-state index in [4.69, 9.17) is 32.3 Å². The predicted octanol–water partition coefficient (Wildman–Crippen LogP) is -1.19. The van der Waals surface area contributed by atoms with Crippen molar-refractivity contribution >= 4 is 17.8 Å². The molecule has 0 aromatic carbocycles. The summed E-state index contributed by atoms with van der Waals surface area (Å²) in [6.45, 7) is 3.05. The van der Waals surface area contributed by atoms with E-state index in [1.54, 1.807) is 6.26 Å². The Balaban J connectivity index is 1.61. The fraction of sp³-hybridized carbons (Fsp3) is 0.611. The summed E-state index contributed by atoms with van der Waals surface area (Å²) >= 11 is 0. The number of nitrogens with one attached hydrogen (secondary N) is 1. The van der Waals surface area contributed by atoms with Gasteiger partial charge in [-0.15, -0.1) is 0 Å². The number of nitrogens with two attached hydrogens (primary N) is 4. The lowest BCUT2D eigenvalue weighted by atomic mass is 10.0. The maximum atomic E-state index is 6.17. The first-order valence-electron chi connectivity index (χ1n) is 10.0. The van der Waals surface area contributed by atoms with Crippen molar-refractivity contribution in [3.63, 3.8) is 0 Å². The van der Waals surface area contributed by atoms with E-state index in [1.165, 1.54) is 0 Å². The van der Waals surface area contributed by atoms with E-state index in [9.17, 15) is 0 Å². The molecule has 0 saturated carbocycles. The summed E-state index contributed by atoms with van der Waals surface area (Å²) in [5.41, 5.74) is 24.7. The van der Waals surface area contributed by atoms with Crippen LogP contribution in [-0.2, 0) is 6.54 Å². The molecule has 2 aliphatic rings. The van der Waals surface area contributed by atoms with Crippen molar-refractivity contribution in [2.45, 2.75) is 43.6 Å². The van der Waals surface area contributed by atoms with Gasteiger partial charge < -0.3 is 42.5 Å². The Morgan fingerprint density at radius 1 is 0.862 bits per heavy atom. The molecular formula is C18H30N10O. The quantitative estimate of drug-likeness (QED) is 0.406. The van der Waals surface area contributed by atoms with Gasteiger partial charge >= 0.3 is 0 Å². The Hall–Kier alpha value is -2.47. The molecule has 4 heterocycles. The van der Waals surface area contributed by atoms with Crippen molar-refractivity contribution in [3.8, 4) is 0 Å². The zero-order chi connectivity index (χ0) is 20.4. The highest BCUT2D eigenvalue weighted by Gasteiger charge is 2.28. The Bertz CT molecular complexity index is 736. The lowest BCUT2D eigenvalue weighted by molar-refractivity contribution is 0.441. The minimum atomic E-state index is -0.0182. The van der Waals surface area contributed by atoms with Gasteiger partial charge in [-0.05, 0) is 25.0 Å². The van der Waals surface area contributed by atoms with E-state index in [2.05, 4.69) is 15.3 Å². The third-order valence-electron chi connectivity index (χ3n) is 5.21. The number of hydrogen-bond acceptors (Lipinski definition) is 11. The van der Waals surface area contributed by atoms with E-state index in [1.807, 2.05) is 21.9 Å². The second kappa shape index (κ2) is 8.49. The van der Waals surface area contributed by atoms with Gasteiger partial charge in [0.1, 0.15) is 5.76 Å². The molecule has 0 spiro atoms. The van der Waals surface area contributed by atoms with Gasteiger partial charge in [-0.25, -0.2) is 0 Å². The van der Waals surface area contributed by atoms with E-state index in [-0.39, 0.29) is 24.2 Å². The van der Waals surface area contributed by atoms with Gasteiger partial charge in [0.2, 0.25) is 17.8 Å². The minimum absolute atomic E-state index is 0.0182. The molecule has 0 aliphatic carbocycles. The highest BCUT2D eigenvalue weighted by molar-refractivity contribution is 5.46. The number of piperidine rings is 2. The Morgan fingerprint density at radius 2 is 1.38 bits per heavy atom. The highest BCUT2D eigenvalue weighted by atomic mass is 16.3. The van der Waals surface area contributed by atoms with Gasteiger partial charge in [-0.2, -0.15) is 15.0 Å². The number of hydrogen-bond donors (Lipinski definition) is 5. The largest absolute Gasteiger partial charge is 0.467 e. The van der Waals surface area contributed by atoms with Gasteiger partial charge in [0.05, 0.1) is 12.8 Å². The molecule has 0 radical (unpaired) electrons. The summed E-state index contributed by atoms with van der Waals surface area (Å²) < 4.78 is 5.38. The first-order valence-corrected chi connectivity index (χ1v) is 10.0. The molecule has 11 heteroatoms. The fourth-order valence-electron chi connectivity index (χ4n) is 3.98. The lowest BCUT2D eigenvalue weighted by Gasteiger charge is -2.37. The van der Waals surface area contributed by atoms with Crippen LogP contribution in [0.25, 0.3) is 0 Å². The van der Waals surface area contributed by atoms with Crippen molar-refractivity contribution in [2.75, 3.05) is 41.3 Å². The molecular weight excluding hydrogens is 372 g/mol. The van der Waals surface area contributed by atoms with E-state index in [0.717, 1.165) is 18.6 Å². The fourth-order valence-corrected chi connectivity index (χ4v) is 3.98. The average Bonchev–Trinajstić information content (AvgIpc) is 3.18. The molecule has 0 bridgehead atoms. The second-order valence-electron chi connectivity index (χ2n) is 8.01. The molecule has 2 aromatic rings. The van der Waals surface area contributed by atoms with Gasteiger partial charge in [0.15, 0.2) is 0 Å². The van der Waals surface area contributed by atoms with Crippen molar-refractivity contribution in [2.24, 2.45) is 22.9 Å². The molecule has 158 valence electrons. The maximum absolute atomic E-state index is 6.17. The SMILES string of the molecule is N[C@@H]1C[C@H](N)CN(c2nc(NCc3ccco3)nc(N3C[C@H](N)C[C@H](N)C3)n2)C1. The maximum Gasteiger partial charge on any atom is 0.232 e.